The molecule has 0 saturated heterocycles. The van der Waals surface area contributed by atoms with E-state index in [4.69, 9.17) is 0 Å². The lowest BCUT2D eigenvalue weighted by atomic mass is 10.1. The number of hydrogen-bond donors (Lipinski definition) is 1. The van der Waals surface area contributed by atoms with Crippen LogP contribution >= 0.6 is 0 Å². The molecule has 1 heterocycles. The standard InChI is InChI=1S/C21H17F2N3O2/c1-2-26(16-6-4-3-5-7-16)21(28)14-10-11-24-19(12-14)20(27)25-15-8-9-17(22)18(23)13-15/h3-13H,2H2,1H3,(H,25,27). The quantitative estimate of drug-likeness (QED) is 0.718. The summed E-state index contributed by atoms with van der Waals surface area (Å²) in [6.45, 7) is 2.30. The van der Waals surface area contributed by atoms with E-state index in [1.54, 1.807) is 4.90 Å². The molecule has 3 rings (SSSR count). The average Bonchev–Trinajstić information content (AvgIpc) is 2.72. The van der Waals surface area contributed by atoms with Crippen LogP contribution in [0.5, 0.6) is 0 Å². The van der Waals surface area contributed by atoms with Gasteiger partial charge in [-0.2, -0.15) is 0 Å². The van der Waals surface area contributed by atoms with Crippen molar-refractivity contribution in [3.05, 3.63) is 89.8 Å². The molecule has 0 aliphatic rings. The number of nitrogens with zero attached hydrogens (tertiary/aromatic N) is 2. The van der Waals surface area contributed by atoms with Gasteiger partial charge in [0.15, 0.2) is 11.6 Å². The second-order valence-electron chi connectivity index (χ2n) is 5.90. The van der Waals surface area contributed by atoms with Crippen molar-refractivity contribution in [3.8, 4) is 0 Å². The number of carbonyl (C=O) groups excluding carboxylic acids is 2. The minimum atomic E-state index is -1.07. The number of anilines is 2. The van der Waals surface area contributed by atoms with E-state index in [1.807, 2.05) is 37.3 Å². The maximum Gasteiger partial charge on any atom is 0.274 e. The van der Waals surface area contributed by atoms with Crippen LogP contribution in [0.25, 0.3) is 0 Å². The summed E-state index contributed by atoms with van der Waals surface area (Å²) in [5.74, 6) is -3.00. The normalized spacial score (nSPS) is 10.4. The molecule has 0 unspecified atom stereocenters. The van der Waals surface area contributed by atoms with E-state index in [-0.39, 0.29) is 22.9 Å². The molecule has 142 valence electrons. The molecule has 2 amide bonds. The third-order valence-electron chi connectivity index (χ3n) is 4.05. The van der Waals surface area contributed by atoms with E-state index in [2.05, 4.69) is 10.3 Å². The van der Waals surface area contributed by atoms with Gasteiger partial charge in [-0.1, -0.05) is 18.2 Å². The van der Waals surface area contributed by atoms with Gasteiger partial charge in [-0.3, -0.25) is 14.6 Å². The Balaban J connectivity index is 1.81. The summed E-state index contributed by atoms with van der Waals surface area (Å²) in [7, 11) is 0. The summed E-state index contributed by atoms with van der Waals surface area (Å²) < 4.78 is 26.3. The zero-order valence-electron chi connectivity index (χ0n) is 15.0. The Morgan fingerprint density at radius 1 is 1.00 bits per heavy atom. The first-order chi connectivity index (χ1) is 13.5. The minimum Gasteiger partial charge on any atom is -0.321 e. The fraction of sp³-hybridized carbons (Fsp3) is 0.0952. The number of pyridine rings is 1. The number of rotatable bonds is 5. The Hall–Kier alpha value is -3.61. The Morgan fingerprint density at radius 2 is 1.75 bits per heavy atom. The monoisotopic (exact) mass is 381 g/mol. The van der Waals surface area contributed by atoms with Crippen molar-refractivity contribution in [2.45, 2.75) is 6.92 Å². The summed E-state index contributed by atoms with van der Waals surface area (Å²) in [5.41, 5.74) is 1.09. The van der Waals surface area contributed by atoms with Gasteiger partial charge >= 0.3 is 0 Å². The maximum atomic E-state index is 13.3. The highest BCUT2D eigenvalue weighted by Crippen LogP contribution is 2.18. The molecule has 0 saturated carbocycles. The van der Waals surface area contributed by atoms with Crippen LogP contribution in [0, 0.1) is 11.6 Å². The number of hydrogen-bond acceptors (Lipinski definition) is 3. The van der Waals surface area contributed by atoms with Crippen molar-refractivity contribution in [1.29, 1.82) is 0 Å². The fourth-order valence-corrected chi connectivity index (χ4v) is 2.66. The molecule has 5 nitrogen and oxygen atoms in total. The third kappa shape index (κ3) is 4.20. The Labute approximate surface area is 160 Å². The van der Waals surface area contributed by atoms with Gasteiger partial charge in [-0.05, 0) is 43.3 Å². The molecule has 28 heavy (non-hydrogen) atoms. The first-order valence-electron chi connectivity index (χ1n) is 8.59. The van der Waals surface area contributed by atoms with Crippen LogP contribution in [0.15, 0.2) is 66.9 Å². The number of halogens is 2. The second-order valence-corrected chi connectivity index (χ2v) is 5.90. The molecule has 0 aliphatic heterocycles. The summed E-state index contributed by atoms with van der Waals surface area (Å²) in [4.78, 5) is 30.8. The average molecular weight is 381 g/mol. The van der Waals surface area contributed by atoms with Gasteiger partial charge in [0.2, 0.25) is 0 Å². The van der Waals surface area contributed by atoms with Gasteiger partial charge in [0.25, 0.3) is 11.8 Å². The molecule has 0 spiro atoms. The number of amides is 2. The number of benzene rings is 2. The van der Waals surface area contributed by atoms with Crippen LogP contribution in [0.3, 0.4) is 0 Å². The van der Waals surface area contributed by atoms with Gasteiger partial charge in [-0.25, -0.2) is 8.78 Å². The number of para-hydroxylation sites is 1. The predicted molar refractivity (Wildman–Crippen MR) is 102 cm³/mol. The van der Waals surface area contributed by atoms with E-state index in [9.17, 15) is 18.4 Å². The highest BCUT2D eigenvalue weighted by molar-refractivity contribution is 6.08. The molecule has 0 bridgehead atoms. The lowest BCUT2D eigenvalue weighted by molar-refractivity contribution is 0.0988. The SMILES string of the molecule is CCN(C(=O)c1ccnc(C(=O)Nc2ccc(F)c(F)c2)c1)c1ccccc1. The van der Waals surface area contributed by atoms with Crippen molar-refractivity contribution < 1.29 is 18.4 Å². The van der Waals surface area contributed by atoms with E-state index in [0.717, 1.165) is 17.8 Å². The summed E-state index contributed by atoms with van der Waals surface area (Å²) in [6.07, 6.45) is 1.35. The van der Waals surface area contributed by atoms with Gasteiger partial charge < -0.3 is 10.2 Å². The predicted octanol–water partition coefficient (Wildman–Crippen LogP) is 4.28. The van der Waals surface area contributed by atoms with E-state index in [0.29, 0.717) is 6.54 Å². The topological polar surface area (TPSA) is 62.3 Å². The molecule has 0 radical (unpaired) electrons. The molecule has 0 aliphatic carbocycles. The highest BCUT2D eigenvalue weighted by atomic mass is 19.2. The summed E-state index contributed by atoms with van der Waals surface area (Å²) in [6, 6.07) is 15.1. The lowest BCUT2D eigenvalue weighted by Crippen LogP contribution is -2.30. The van der Waals surface area contributed by atoms with Crippen LogP contribution in [0.2, 0.25) is 0 Å². The van der Waals surface area contributed by atoms with Crippen LogP contribution in [0.4, 0.5) is 20.2 Å². The van der Waals surface area contributed by atoms with Gasteiger partial charge in [-0.15, -0.1) is 0 Å². The van der Waals surface area contributed by atoms with Crippen LogP contribution < -0.4 is 10.2 Å². The molecule has 0 atom stereocenters. The highest BCUT2D eigenvalue weighted by Gasteiger charge is 2.18. The molecule has 0 fully saturated rings. The zero-order valence-corrected chi connectivity index (χ0v) is 15.0. The molecule has 1 aromatic heterocycles. The Kier molecular flexibility index (Phi) is 5.74. The van der Waals surface area contributed by atoms with Crippen molar-refractivity contribution >= 4 is 23.2 Å². The number of aromatic nitrogens is 1. The van der Waals surface area contributed by atoms with Crippen LogP contribution in [-0.4, -0.2) is 23.3 Å². The number of nitrogens with one attached hydrogen (secondary N) is 1. The fourth-order valence-electron chi connectivity index (χ4n) is 2.66. The third-order valence-corrected chi connectivity index (χ3v) is 4.05. The molecule has 2 aromatic carbocycles. The molecular formula is C21H17F2N3O2. The van der Waals surface area contributed by atoms with Crippen molar-refractivity contribution in [3.63, 3.8) is 0 Å². The van der Waals surface area contributed by atoms with Crippen molar-refractivity contribution in [2.75, 3.05) is 16.8 Å². The van der Waals surface area contributed by atoms with Crippen LogP contribution in [0.1, 0.15) is 27.8 Å². The summed E-state index contributed by atoms with van der Waals surface area (Å²) >= 11 is 0. The molecular weight excluding hydrogens is 364 g/mol. The molecule has 1 N–H and O–H groups in total. The van der Waals surface area contributed by atoms with Crippen LogP contribution in [-0.2, 0) is 0 Å². The van der Waals surface area contributed by atoms with Gasteiger partial charge in [0, 0.05) is 35.7 Å². The first kappa shape index (κ1) is 19.2. The maximum absolute atomic E-state index is 13.3. The van der Waals surface area contributed by atoms with Gasteiger partial charge in [0.1, 0.15) is 5.69 Å². The first-order valence-corrected chi connectivity index (χ1v) is 8.59. The van der Waals surface area contributed by atoms with E-state index >= 15 is 0 Å². The largest absolute Gasteiger partial charge is 0.321 e. The lowest BCUT2D eigenvalue weighted by Gasteiger charge is -2.21. The molecule has 7 heteroatoms. The minimum absolute atomic E-state index is 0.0142. The Morgan fingerprint density at radius 3 is 2.43 bits per heavy atom. The molecule has 3 aromatic rings. The zero-order chi connectivity index (χ0) is 20.1. The Bertz CT molecular complexity index is 1010. The number of carbonyl (C=O) groups is 2. The van der Waals surface area contributed by atoms with Crippen molar-refractivity contribution in [2.24, 2.45) is 0 Å². The van der Waals surface area contributed by atoms with E-state index < -0.39 is 17.5 Å². The van der Waals surface area contributed by atoms with Crippen molar-refractivity contribution in [1.82, 2.24) is 4.98 Å². The van der Waals surface area contributed by atoms with Gasteiger partial charge in [0.05, 0.1) is 0 Å². The summed E-state index contributed by atoms with van der Waals surface area (Å²) in [5, 5.41) is 2.43. The van der Waals surface area contributed by atoms with E-state index in [1.165, 1.54) is 24.4 Å². The second kappa shape index (κ2) is 8.39. The smallest absolute Gasteiger partial charge is 0.274 e.